The van der Waals surface area contributed by atoms with E-state index >= 15 is 0 Å². The summed E-state index contributed by atoms with van der Waals surface area (Å²) < 4.78 is 1.84. The van der Waals surface area contributed by atoms with Gasteiger partial charge < -0.3 is 10.6 Å². The van der Waals surface area contributed by atoms with Crippen molar-refractivity contribution in [3.05, 3.63) is 89.2 Å². The molecular formula is C24H24N4O2. The van der Waals surface area contributed by atoms with Crippen molar-refractivity contribution in [3.8, 4) is 0 Å². The number of carbonyl (C=O) groups is 2. The molecule has 0 unspecified atom stereocenters. The number of hydrogen-bond acceptors (Lipinski definition) is 3. The van der Waals surface area contributed by atoms with Crippen LogP contribution in [0.25, 0.3) is 0 Å². The molecular weight excluding hydrogens is 376 g/mol. The normalized spacial score (nSPS) is 18.5. The van der Waals surface area contributed by atoms with Gasteiger partial charge in [0.1, 0.15) is 0 Å². The monoisotopic (exact) mass is 400 g/mol. The van der Waals surface area contributed by atoms with E-state index in [4.69, 9.17) is 0 Å². The van der Waals surface area contributed by atoms with Crippen molar-refractivity contribution < 1.29 is 9.59 Å². The lowest BCUT2D eigenvalue weighted by molar-refractivity contribution is -0.124. The van der Waals surface area contributed by atoms with Crippen molar-refractivity contribution in [3.63, 3.8) is 0 Å². The van der Waals surface area contributed by atoms with E-state index in [1.807, 2.05) is 65.3 Å². The average molecular weight is 400 g/mol. The van der Waals surface area contributed by atoms with E-state index < -0.39 is 0 Å². The van der Waals surface area contributed by atoms with Crippen LogP contribution in [0, 0.1) is 0 Å². The second-order valence-corrected chi connectivity index (χ2v) is 8.18. The summed E-state index contributed by atoms with van der Waals surface area (Å²) in [7, 11) is 0. The van der Waals surface area contributed by atoms with Gasteiger partial charge in [-0.3, -0.25) is 14.3 Å². The molecule has 2 N–H and O–H groups in total. The molecule has 0 bridgehead atoms. The fraction of sp³-hybridized carbons (Fsp3) is 0.292. The van der Waals surface area contributed by atoms with E-state index in [1.54, 1.807) is 6.20 Å². The van der Waals surface area contributed by atoms with E-state index in [0.717, 1.165) is 29.7 Å². The van der Waals surface area contributed by atoms with Gasteiger partial charge in [0.25, 0.3) is 5.91 Å². The van der Waals surface area contributed by atoms with Crippen LogP contribution in [0.15, 0.2) is 66.9 Å². The zero-order valence-electron chi connectivity index (χ0n) is 16.7. The van der Waals surface area contributed by atoms with E-state index in [-0.39, 0.29) is 23.3 Å². The molecule has 1 saturated carbocycles. The molecule has 1 atom stereocenters. The van der Waals surface area contributed by atoms with Crippen LogP contribution in [0.5, 0.6) is 0 Å². The van der Waals surface area contributed by atoms with Gasteiger partial charge in [-0.05, 0) is 24.0 Å². The highest BCUT2D eigenvalue weighted by molar-refractivity contribution is 5.95. The summed E-state index contributed by atoms with van der Waals surface area (Å²) in [5.41, 5.74) is 3.22. The van der Waals surface area contributed by atoms with E-state index in [0.29, 0.717) is 25.1 Å². The first-order valence-corrected chi connectivity index (χ1v) is 10.4. The van der Waals surface area contributed by atoms with Crippen LogP contribution in [0.4, 0.5) is 0 Å². The first kappa shape index (κ1) is 18.6. The minimum absolute atomic E-state index is 0.0388. The van der Waals surface area contributed by atoms with Crippen LogP contribution in [-0.2, 0) is 29.7 Å². The minimum atomic E-state index is -0.387. The van der Waals surface area contributed by atoms with E-state index in [9.17, 15) is 9.59 Å². The van der Waals surface area contributed by atoms with Crippen molar-refractivity contribution in [2.24, 2.45) is 0 Å². The Bertz CT molecular complexity index is 1070. The van der Waals surface area contributed by atoms with E-state index in [2.05, 4.69) is 15.7 Å². The highest BCUT2D eigenvalue weighted by Gasteiger charge is 2.51. The Balaban J connectivity index is 1.22. The molecule has 0 radical (unpaired) electrons. The summed E-state index contributed by atoms with van der Waals surface area (Å²) >= 11 is 0. The molecule has 1 aliphatic carbocycles. The number of nitrogens with one attached hydrogen (secondary N) is 2. The molecule has 1 aliphatic heterocycles. The quantitative estimate of drug-likeness (QED) is 0.668. The van der Waals surface area contributed by atoms with Gasteiger partial charge in [-0.2, -0.15) is 5.10 Å². The molecule has 5 rings (SSSR count). The summed E-state index contributed by atoms with van der Waals surface area (Å²) in [5.74, 6) is -0.0467. The minimum Gasteiger partial charge on any atom is -0.350 e. The lowest BCUT2D eigenvalue weighted by atomic mass is 9.94. The second-order valence-electron chi connectivity index (χ2n) is 8.18. The predicted molar refractivity (Wildman–Crippen MR) is 113 cm³/mol. The van der Waals surface area contributed by atoms with Crippen molar-refractivity contribution in [2.45, 2.75) is 43.8 Å². The third-order valence-electron chi connectivity index (χ3n) is 6.17. The van der Waals surface area contributed by atoms with Gasteiger partial charge in [-0.1, -0.05) is 60.7 Å². The maximum Gasteiger partial charge on any atom is 0.255 e. The van der Waals surface area contributed by atoms with Crippen LogP contribution in [0.3, 0.4) is 0 Å². The van der Waals surface area contributed by atoms with Crippen molar-refractivity contribution in [1.29, 1.82) is 0 Å². The highest BCUT2D eigenvalue weighted by Crippen LogP contribution is 2.48. The van der Waals surface area contributed by atoms with Crippen molar-refractivity contribution in [2.75, 3.05) is 0 Å². The van der Waals surface area contributed by atoms with Crippen LogP contribution in [-0.4, -0.2) is 27.6 Å². The van der Waals surface area contributed by atoms with Gasteiger partial charge in [0, 0.05) is 13.0 Å². The molecule has 2 heterocycles. The van der Waals surface area contributed by atoms with Crippen LogP contribution in [0.2, 0.25) is 0 Å². The number of carbonyl (C=O) groups excluding carboxylic acids is 2. The first-order valence-electron chi connectivity index (χ1n) is 10.4. The summed E-state index contributed by atoms with van der Waals surface area (Å²) in [6.07, 6.45) is 4.01. The van der Waals surface area contributed by atoms with Crippen molar-refractivity contribution in [1.82, 2.24) is 20.4 Å². The summed E-state index contributed by atoms with van der Waals surface area (Å²) in [6, 6.07) is 19.8. The van der Waals surface area contributed by atoms with Crippen LogP contribution in [0.1, 0.15) is 40.0 Å². The summed E-state index contributed by atoms with van der Waals surface area (Å²) in [4.78, 5) is 25.7. The lowest BCUT2D eigenvalue weighted by Crippen LogP contribution is -2.42. The third-order valence-corrected chi connectivity index (χ3v) is 6.17. The standard InChI is InChI=1S/C24H24N4O2/c29-22(25-14-17-7-3-1-4-8-17)20-15-26-28-16-19(13-21(20)28)27-23(30)24(11-12-24)18-9-5-2-6-10-18/h1-10,15,19H,11-14,16H2,(H,25,29)(H,27,30)/t19-/m0/s1. The zero-order valence-corrected chi connectivity index (χ0v) is 16.7. The Kier molecular flexibility index (Phi) is 4.62. The molecule has 152 valence electrons. The molecule has 6 heteroatoms. The number of benzene rings is 2. The predicted octanol–water partition coefficient (Wildman–Crippen LogP) is 2.59. The SMILES string of the molecule is O=C(NCc1ccccc1)c1cnn2c1C[C@H](NC(=O)C1(c3ccccc3)CC1)C2. The van der Waals surface area contributed by atoms with Crippen LogP contribution < -0.4 is 10.6 Å². The largest absolute Gasteiger partial charge is 0.350 e. The van der Waals surface area contributed by atoms with Gasteiger partial charge in [0.15, 0.2) is 0 Å². The summed E-state index contributed by atoms with van der Waals surface area (Å²) in [5, 5.41) is 10.5. The summed E-state index contributed by atoms with van der Waals surface area (Å²) in [6.45, 7) is 1.07. The number of nitrogens with zero attached hydrogens (tertiary/aromatic N) is 2. The fourth-order valence-corrected chi connectivity index (χ4v) is 4.30. The van der Waals surface area contributed by atoms with Crippen LogP contribution >= 0.6 is 0 Å². The Labute approximate surface area is 175 Å². The fourth-order valence-electron chi connectivity index (χ4n) is 4.30. The molecule has 2 aromatic carbocycles. The zero-order chi connectivity index (χ0) is 20.6. The number of amides is 2. The van der Waals surface area contributed by atoms with Gasteiger partial charge >= 0.3 is 0 Å². The van der Waals surface area contributed by atoms with Gasteiger partial charge in [-0.15, -0.1) is 0 Å². The Hall–Kier alpha value is -3.41. The first-order chi connectivity index (χ1) is 14.7. The maximum atomic E-state index is 13.0. The second kappa shape index (κ2) is 7.44. The molecule has 2 amide bonds. The Morgan fingerprint density at radius 2 is 1.73 bits per heavy atom. The van der Waals surface area contributed by atoms with Gasteiger partial charge in [-0.25, -0.2) is 0 Å². The number of aromatic nitrogens is 2. The Morgan fingerprint density at radius 1 is 1.03 bits per heavy atom. The number of rotatable bonds is 6. The molecule has 1 aromatic heterocycles. The van der Waals surface area contributed by atoms with Crippen molar-refractivity contribution >= 4 is 11.8 Å². The molecule has 3 aromatic rings. The molecule has 1 fully saturated rings. The molecule has 0 spiro atoms. The number of hydrogen-bond donors (Lipinski definition) is 2. The van der Waals surface area contributed by atoms with E-state index in [1.165, 1.54) is 0 Å². The molecule has 0 saturated heterocycles. The van der Waals surface area contributed by atoms with Gasteiger partial charge in [0.2, 0.25) is 5.91 Å². The lowest BCUT2D eigenvalue weighted by Gasteiger charge is -2.19. The molecule has 6 nitrogen and oxygen atoms in total. The topological polar surface area (TPSA) is 76.0 Å². The Morgan fingerprint density at radius 3 is 2.43 bits per heavy atom. The average Bonchev–Trinajstić information content (AvgIpc) is 3.37. The number of fused-ring (bicyclic) bond motifs is 1. The van der Waals surface area contributed by atoms with Gasteiger partial charge in [0.05, 0.1) is 35.5 Å². The maximum absolute atomic E-state index is 13.0. The molecule has 30 heavy (non-hydrogen) atoms. The smallest absolute Gasteiger partial charge is 0.255 e. The third kappa shape index (κ3) is 3.38. The molecule has 2 aliphatic rings. The highest BCUT2D eigenvalue weighted by atomic mass is 16.2.